The molecule has 2 rings (SSSR count). The van der Waals surface area contributed by atoms with Crippen molar-refractivity contribution in [1.82, 2.24) is 10.3 Å². The Morgan fingerprint density at radius 1 is 1.33 bits per heavy atom. The Morgan fingerprint density at radius 3 is 2.81 bits per heavy atom. The number of aliphatic hydroxyl groups excluding tert-OH is 1. The van der Waals surface area contributed by atoms with Crippen LogP contribution in [0, 0.1) is 0 Å². The van der Waals surface area contributed by atoms with Crippen molar-refractivity contribution in [3.05, 3.63) is 24.3 Å². The van der Waals surface area contributed by atoms with Crippen molar-refractivity contribution in [3.63, 3.8) is 0 Å². The second kappa shape index (κ2) is 8.13. The standard InChI is InChI=1S/C16H24N2OS2/c1-3-16(12-19,17-4-2)10-7-11-20-15-18-13-8-5-6-9-14(13)21-15/h5-6,8-9,17,19H,3-4,7,10-12H2,1-2H3. The number of hydrogen-bond acceptors (Lipinski definition) is 5. The molecule has 0 aliphatic carbocycles. The molecule has 0 bridgehead atoms. The van der Waals surface area contributed by atoms with E-state index in [0.717, 1.165) is 41.4 Å². The molecule has 0 fully saturated rings. The molecule has 0 radical (unpaired) electrons. The first-order chi connectivity index (χ1) is 10.2. The number of fused-ring (bicyclic) bond motifs is 1. The van der Waals surface area contributed by atoms with E-state index in [1.54, 1.807) is 11.3 Å². The molecule has 21 heavy (non-hydrogen) atoms. The van der Waals surface area contributed by atoms with E-state index < -0.39 is 0 Å². The van der Waals surface area contributed by atoms with Crippen molar-refractivity contribution in [2.24, 2.45) is 0 Å². The van der Waals surface area contributed by atoms with Gasteiger partial charge in [0.25, 0.3) is 0 Å². The molecular formula is C16H24N2OS2. The van der Waals surface area contributed by atoms with Crippen LogP contribution >= 0.6 is 23.1 Å². The largest absolute Gasteiger partial charge is 0.394 e. The van der Waals surface area contributed by atoms with Crippen LogP contribution in [-0.2, 0) is 0 Å². The summed E-state index contributed by atoms with van der Waals surface area (Å²) < 4.78 is 2.40. The van der Waals surface area contributed by atoms with Crippen LogP contribution in [0.25, 0.3) is 10.2 Å². The van der Waals surface area contributed by atoms with Crippen LogP contribution in [0.3, 0.4) is 0 Å². The number of hydrogen-bond donors (Lipinski definition) is 2. The Balaban J connectivity index is 1.83. The summed E-state index contributed by atoms with van der Waals surface area (Å²) in [5.74, 6) is 1.05. The Bertz CT molecular complexity index is 519. The van der Waals surface area contributed by atoms with Gasteiger partial charge in [0.15, 0.2) is 4.34 Å². The first-order valence-electron chi connectivity index (χ1n) is 7.57. The van der Waals surface area contributed by atoms with Crippen LogP contribution in [0.5, 0.6) is 0 Å². The highest BCUT2D eigenvalue weighted by atomic mass is 32.2. The Morgan fingerprint density at radius 2 is 2.14 bits per heavy atom. The molecule has 0 saturated carbocycles. The molecule has 1 atom stereocenters. The van der Waals surface area contributed by atoms with Gasteiger partial charge >= 0.3 is 0 Å². The zero-order chi connectivity index (χ0) is 15.1. The van der Waals surface area contributed by atoms with E-state index in [-0.39, 0.29) is 12.1 Å². The summed E-state index contributed by atoms with van der Waals surface area (Å²) in [7, 11) is 0. The van der Waals surface area contributed by atoms with Crippen LogP contribution in [0.2, 0.25) is 0 Å². The van der Waals surface area contributed by atoms with Crippen molar-refractivity contribution in [3.8, 4) is 0 Å². The third-order valence-electron chi connectivity index (χ3n) is 3.83. The number of thioether (sulfide) groups is 1. The summed E-state index contributed by atoms with van der Waals surface area (Å²) in [6.07, 6.45) is 3.05. The third-order valence-corrected chi connectivity index (χ3v) is 6.10. The molecule has 0 aliphatic rings. The predicted octanol–water partition coefficient (Wildman–Crippen LogP) is 3.92. The fraction of sp³-hybridized carbons (Fsp3) is 0.562. The lowest BCUT2D eigenvalue weighted by Crippen LogP contribution is -2.48. The molecule has 1 aromatic carbocycles. The molecule has 1 aromatic heterocycles. The fourth-order valence-electron chi connectivity index (χ4n) is 2.49. The lowest BCUT2D eigenvalue weighted by molar-refractivity contribution is 0.148. The quantitative estimate of drug-likeness (QED) is 0.542. The maximum absolute atomic E-state index is 9.64. The van der Waals surface area contributed by atoms with Crippen molar-refractivity contribution in [1.29, 1.82) is 0 Å². The molecule has 116 valence electrons. The molecule has 2 N–H and O–H groups in total. The normalized spacial score (nSPS) is 14.4. The number of likely N-dealkylation sites (N-methyl/N-ethyl adjacent to an activating group) is 1. The number of rotatable bonds is 9. The van der Waals surface area contributed by atoms with Crippen LogP contribution in [-0.4, -0.2) is 34.5 Å². The highest BCUT2D eigenvalue weighted by molar-refractivity contribution is 8.01. The van der Waals surface area contributed by atoms with E-state index in [1.165, 1.54) is 4.70 Å². The van der Waals surface area contributed by atoms with Crippen molar-refractivity contribution < 1.29 is 5.11 Å². The monoisotopic (exact) mass is 324 g/mol. The Kier molecular flexibility index (Phi) is 6.48. The highest BCUT2D eigenvalue weighted by Crippen LogP contribution is 2.30. The highest BCUT2D eigenvalue weighted by Gasteiger charge is 2.25. The van der Waals surface area contributed by atoms with E-state index >= 15 is 0 Å². The molecule has 1 heterocycles. The van der Waals surface area contributed by atoms with Gasteiger partial charge in [0.2, 0.25) is 0 Å². The van der Waals surface area contributed by atoms with Gasteiger partial charge in [-0.25, -0.2) is 4.98 Å². The van der Waals surface area contributed by atoms with Crippen LogP contribution in [0.1, 0.15) is 33.1 Å². The van der Waals surface area contributed by atoms with Crippen molar-refractivity contribution >= 4 is 33.3 Å². The van der Waals surface area contributed by atoms with Gasteiger partial charge in [0, 0.05) is 11.3 Å². The smallest absolute Gasteiger partial charge is 0.151 e. The molecule has 0 aliphatic heterocycles. The van der Waals surface area contributed by atoms with E-state index in [2.05, 4.69) is 42.3 Å². The number of aromatic nitrogens is 1. The molecule has 1 unspecified atom stereocenters. The Hall–Kier alpha value is -0.620. The first kappa shape index (κ1) is 16.7. The van der Waals surface area contributed by atoms with Crippen LogP contribution in [0.4, 0.5) is 0 Å². The average molecular weight is 325 g/mol. The van der Waals surface area contributed by atoms with Gasteiger partial charge in [-0.3, -0.25) is 0 Å². The molecule has 0 spiro atoms. The summed E-state index contributed by atoms with van der Waals surface area (Å²) in [6, 6.07) is 8.27. The van der Waals surface area contributed by atoms with Gasteiger partial charge in [-0.2, -0.15) is 0 Å². The van der Waals surface area contributed by atoms with Gasteiger partial charge in [-0.05, 0) is 37.9 Å². The lowest BCUT2D eigenvalue weighted by Gasteiger charge is -2.31. The lowest BCUT2D eigenvalue weighted by atomic mass is 9.91. The van der Waals surface area contributed by atoms with Gasteiger partial charge in [-0.15, -0.1) is 11.3 Å². The van der Waals surface area contributed by atoms with E-state index in [1.807, 2.05) is 17.8 Å². The second-order valence-electron chi connectivity index (χ2n) is 5.22. The number of thiazole rings is 1. The SMILES string of the molecule is CCNC(CC)(CO)CCCSc1nc2ccccc2s1. The molecule has 2 aromatic rings. The number of benzene rings is 1. The van der Waals surface area contributed by atoms with E-state index in [4.69, 9.17) is 0 Å². The van der Waals surface area contributed by atoms with E-state index in [9.17, 15) is 5.11 Å². The first-order valence-corrected chi connectivity index (χ1v) is 9.37. The van der Waals surface area contributed by atoms with Gasteiger partial charge in [0.1, 0.15) is 0 Å². The third kappa shape index (κ3) is 4.42. The number of aliphatic hydroxyl groups is 1. The van der Waals surface area contributed by atoms with Crippen molar-refractivity contribution in [2.75, 3.05) is 18.9 Å². The van der Waals surface area contributed by atoms with Gasteiger partial charge in [-0.1, -0.05) is 37.7 Å². The maximum atomic E-state index is 9.64. The number of nitrogens with zero attached hydrogens (tertiary/aromatic N) is 1. The Labute approximate surface area is 135 Å². The molecule has 5 heteroatoms. The molecule has 3 nitrogen and oxygen atoms in total. The fourth-order valence-corrected chi connectivity index (χ4v) is 4.57. The van der Waals surface area contributed by atoms with Gasteiger partial charge < -0.3 is 10.4 Å². The number of para-hydroxylation sites is 1. The summed E-state index contributed by atoms with van der Waals surface area (Å²) in [4.78, 5) is 4.64. The molecular weight excluding hydrogens is 300 g/mol. The zero-order valence-electron chi connectivity index (χ0n) is 12.8. The van der Waals surface area contributed by atoms with Crippen LogP contribution in [0.15, 0.2) is 28.6 Å². The van der Waals surface area contributed by atoms with Crippen molar-refractivity contribution in [2.45, 2.75) is 43.0 Å². The summed E-state index contributed by atoms with van der Waals surface area (Å²) in [6.45, 7) is 5.35. The summed E-state index contributed by atoms with van der Waals surface area (Å²) in [5.41, 5.74) is 0.985. The van der Waals surface area contributed by atoms with E-state index in [0.29, 0.717) is 0 Å². The minimum atomic E-state index is -0.108. The van der Waals surface area contributed by atoms with Gasteiger partial charge in [0.05, 0.1) is 16.8 Å². The maximum Gasteiger partial charge on any atom is 0.151 e. The second-order valence-corrected chi connectivity index (χ2v) is 7.59. The average Bonchev–Trinajstić information content (AvgIpc) is 2.93. The topological polar surface area (TPSA) is 45.1 Å². The summed E-state index contributed by atoms with van der Waals surface area (Å²) in [5, 5.41) is 13.1. The molecule has 0 amide bonds. The molecule has 0 saturated heterocycles. The summed E-state index contributed by atoms with van der Waals surface area (Å²) >= 11 is 3.59. The predicted molar refractivity (Wildman–Crippen MR) is 93.4 cm³/mol. The minimum Gasteiger partial charge on any atom is -0.394 e. The minimum absolute atomic E-state index is 0.108. The van der Waals surface area contributed by atoms with Crippen LogP contribution < -0.4 is 5.32 Å². The number of nitrogens with one attached hydrogen (secondary N) is 1. The zero-order valence-corrected chi connectivity index (χ0v) is 14.4.